The van der Waals surface area contributed by atoms with Crippen molar-refractivity contribution in [2.75, 3.05) is 0 Å². The summed E-state index contributed by atoms with van der Waals surface area (Å²) in [6.07, 6.45) is 3.89. The molecule has 1 aromatic carbocycles. The van der Waals surface area contributed by atoms with Gasteiger partial charge in [-0.05, 0) is 31.7 Å². The second-order valence-electron chi connectivity index (χ2n) is 6.12. The standard InChI is InChI=1S/C16H17FN4O5S/c17-11-9-18-16(19-10-11)26-13-7-5-12(6-8-13)20-27(24,25)15-4-2-1-3-14(15)21(22)23/h1-4,9-10,12-13,20H,5-8H2. The number of aromatic nitrogens is 2. The lowest BCUT2D eigenvalue weighted by molar-refractivity contribution is -0.387. The molecule has 0 radical (unpaired) electrons. The largest absolute Gasteiger partial charge is 0.460 e. The highest BCUT2D eigenvalue weighted by molar-refractivity contribution is 7.89. The van der Waals surface area contributed by atoms with Crippen LogP contribution in [0.3, 0.4) is 0 Å². The number of hydrogen-bond acceptors (Lipinski definition) is 7. The summed E-state index contributed by atoms with van der Waals surface area (Å²) >= 11 is 0. The van der Waals surface area contributed by atoms with E-state index in [0.29, 0.717) is 25.7 Å². The van der Waals surface area contributed by atoms with Crippen molar-refractivity contribution in [1.29, 1.82) is 0 Å². The summed E-state index contributed by atoms with van der Waals surface area (Å²) in [6, 6.07) is 4.93. The molecule has 0 saturated heterocycles. The minimum Gasteiger partial charge on any atom is -0.460 e. The number of para-hydroxylation sites is 1. The zero-order valence-corrected chi connectivity index (χ0v) is 14.9. The maximum atomic E-state index is 12.8. The van der Waals surface area contributed by atoms with E-state index in [1.165, 1.54) is 18.2 Å². The average molecular weight is 396 g/mol. The molecule has 0 atom stereocenters. The Morgan fingerprint density at radius 3 is 2.41 bits per heavy atom. The van der Waals surface area contributed by atoms with E-state index >= 15 is 0 Å². The maximum absolute atomic E-state index is 12.8. The molecule has 0 spiro atoms. The van der Waals surface area contributed by atoms with Gasteiger partial charge in [-0.25, -0.2) is 27.5 Å². The van der Waals surface area contributed by atoms with E-state index in [9.17, 15) is 22.9 Å². The maximum Gasteiger partial charge on any atom is 0.316 e. The lowest BCUT2D eigenvalue weighted by atomic mass is 9.94. The minimum atomic E-state index is -4.02. The molecule has 1 aliphatic rings. The van der Waals surface area contributed by atoms with Gasteiger partial charge in [-0.1, -0.05) is 12.1 Å². The number of nitro benzene ring substituents is 1. The number of nitro groups is 1. The molecule has 3 rings (SSSR count). The second-order valence-corrected chi connectivity index (χ2v) is 7.80. The zero-order valence-electron chi connectivity index (χ0n) is 14.1. The third kappa shape index (κ3) is 4.74. The van der Waals surface area contributed by atoms with Gasteiger partial charge in [-0.2, -0.15) is 0 Å². The number of hydrogen-bond donors (Lipinski definition) is 1. The quantitative estimate of drug-likeness (QED) is 0.586. The van der Waals surface area contributed by atoms with E-state index in [1.807, 2.05) is 0 Å². The number of halogens is 1. The molecule has 0 amide bonds. The summed E-state index contributed by atoms with van der Waals surface area (Å²) in [7, 11) is -4.02. The number of ether oxygens (including phenoxy) is 1. The smallest absolute Gasteiger partial charge is 0.316 e. The number of sulfonamides is 1. The van der Waals surface area contributed by atoms with Gasteiger partial charge in [0.2, 0.25) is 10.0 Å². The highest BCUT2D eigenvalue weighted by Crippen LogP contribution is 2.26. The van der Waals surface area contributed by atoms with Crippen LogP contribution in [-0.4, -0.2) is 35.5 Å². The Balaban J connectivity index is 1.60. The van der Waals surface area contributed by atoms with Crippen molar-refractivity contribution in [3.05, 3.63) is 52.6 Å². The van der Waals surface area contributed by atoms with E-state index in [0.717, 1.165) is 18.5 Å². The van der Waals surface area contributed by atoms with Gasteiger partial charge in [-0.15, -0.1) is 0 Å². The van der Waals surface area contributed by atoms with Crippen LogP contribution in [0, 0.1) is 15.9 Å². The Labute approximate surface area is 154 Å². The van der Waals surface area contributed by atoms with Gasteiger partial charge in [0.05, 0.1) is 17.3 Å². The Morgan fingerprint density at radius 1 is 1.15 bits per heavy atom. The van der Waals surface area contributed by atoms with Gasteiger partial charge in [0.15, 0.2) is 10.7 Å². The molecule has 1 aromatic heterocycles. The molecule has 1 aliphatic carbocycles. The van der Waals surface area contributed by atoms with Crippen LogP contribution in [0.25, 0.3) is 0 Å². The van der Waals surface area contributed by atoms with Crippen molar-refractivity contribution in [3.8, 4) is 6.01 Å². The van der Waals surface area contributed by atoms with Gasteiger partial charge in [0.1, 0.15) is 6.10 Å². The van der Waals surface area contributed by atoms with E-state index in [4.69, 9.17) is 4.74 Å². The molecule has 144 valence electrons. The first-order valence-electron chi connectivity index (χ1n) is 8.25. The van der Waals surface area contributed by atoms with Crippen LogP contribution in [0.5, 0.6) is 6.01 Å². The van der Waals surface area contributed by atoms with Crippen LogP contribution < -0.4 is 9.46 Å². The first-order valence-corrected chi connectivity index (χ1v) is 9.73. The first kappa shape index (κ1) is 19.1. The fourth-order valence-electron chi connectivity index (χ4n) is 2.93. The second kappa shape index (κ2) is 7.92. The van der Waals surface area contributed by atoms with Crippen LogP contribution in [0.1, 0.15) is 25.7 Å². The molecule has 0 bridgehead atoms. The van der Waals surface area contributed by atoms with Crippen LogP contribution in [-0.2, 0) is 10.0 Å². The molecule has 9 nitrogen and oxygen atoms in total. The van der Waals surface area contributed by atoms with Gasteiger partial charge < -0.3 is 4.74 Å². The zero-order chi connectivity index (χ0) is 19.4. The van der Waals surface area contributed by atoms with Crippen molar-refractivity contribution in [2.24, 2.45) is 0 Å². The summed E-state index contributed by atoms with van der Waals surface area (Å²) in [6.45, 7) is 0. The fraction of sp³-hybridized carbons (Fsp3) is 0.375. The molecule has 1 fully saturated rings. The first-order chi connectivity index (χ1) is 12.8. The van der Waals surface area contributed by atoms with Gasteiger partial charge >= 0.3 is 6.01 Å². The number of nitrogens with zero attached hydrogens (tertiary/aromatic N) is 3. The Morgan fingerprint density at radius 2 is 1.78 bits per heavy atom. The van der Waals surface area contributed by atoms with Crippen molar-refractivity contribution in [2.45, 2.75) is 42.7 Å². The predicted octanol–water partition coefficient (Wildman–Crippen LogP) is 2.19. The van der Waals surface area contributed by atoms with Crippen molar-refractivity contribution < 1.29 is 22.5 Å². The third-order valence-electron chi connectivity index (χ3n) is 4.22. The van der Waals surface area contributed by atoms with E-state index in [-0.39, 0.29) is 23.1 Å². The molecule has 1 heterocycles. The van der Waals surface area contributed by atoms with Gasteiger partial charge in [0, 0.05) is 12.1 Å². The highest BCUT2D eigenvalue weighted by atomic mass is 32.2. The summed E-state index contributed by atoms with van der Waals surface area (Å²) in [4.78, 5) is 17.5. The summed E-state index contributed by atoms with van der Waals surface area (Å²) in [5, 5.41) is 11.1. The highest BCUT2D eigenvalue weighted by Gasteiger charge is 2.30. The van der Waals surface area contributed by atoms with Crippen LogP contribution >= 0.6 is 0 Å². The topological polar surface area (TPSA) is 124 Å². The molecule has 27 heavy (non-hydrogen) atoms. The molecule has 0 aliphatic heterocycles. The molecular formula is C16H17FN4O5S. The SMILES string of the molecule is O=[N+]([O-])c1ccccc1S(=O)(=O)NC1CCC(Oc2ncc(F)cn2)CC1. The molecule has 0 unspecified atom stereocenters. The summed E-state index contributed by atoms with van der Waals surface area (Å²) < 4.78 is 46.0. The lowest BCUT2D eigenvalue weighted by Gasteiger charge is -2.28. The monoisotopic (exact) mass is 396 g/mol. The fourth-order valence-corrected chi connectivity index (χ4v) is 4.40. The number of benzene rings is 1. The lowest BCUT2D eigenvalue weighted by Crippen LogP contribution is -2.39. The molecule has 1 N–H and O–H groups in total. The van der Waals surface area contributed by atoms with Crippen LogP contribution in [0.15, 0.2) is 41.6 Å². The third-order valence-corrected chi connectivity index (χ3v) is 5.78. The van der Waals surface area contributed by atoms with Gasteiger partial charge in [0.25, 0.3) is 5.69 Å². The molecule has 1 saturated carbocycles. The van der Waals surface area contributed by atoms with Crippen molar-refractivity contribution >= 4 is 15.7 Å². The van der Waals surface area contributed by atoms with E-state index in [1.54, 1.807) is 0 Å². The summed E-state index contributed by atoms with van der Waals surface area (Å²) in [5.74, 6) is -0.560. The average Bonchev–Trinajstić information content (AvgIpc) is 2.65. The minimum absolute atomic E-state index is 0.0698. The van der Waals surface area contributed by atoms with Crippen molar-refractivity contribution in [1.82, 2.24) is 14.7 Å². The Bertz CT molecular complexity index is 915. The normalized spacial score (nSPS) is 20.2. The number of rotatable bonds is 6. The molecular weight excluding hydrogens is 379 g/mol. The van der Waals surface area contributed by atoms with Crippen molar-refractivity contribution in [3.63, 3.8) is 0 Å². The Hall–Kier alpha value is -2.66. The van der Waals surface area contributed by atoms with Crippen LogP contribution in [0.2, 0.25) is 0 Å². The Kier molecular flexibility index (Phi) is 5.61. The van der Waals surface area contributed by atoms with Gasteiger partial charge in [-0.3, -0.25) is 10.1 Å². The predicted molar refractivity (Wildman–Crippen MR) is 92.1 cm³/mol. The molecule has 2 aromatic rings. The number of nitrogens with one attached hydrogen (secondary N) is 1. The molecule has 11 heteroatoms. The summed E-state index contributed by atoms with van der Waals surface area (Å²) in [5.41, 5.74) is -0.463. The van der Waals surface area contributed by atoms with E-state index in [2.05, 4.69) is 14.7 Å². The van der Waals surface area contributed by atoms with E-state index < -0.39 is 26.5 Å². The van der Waals surface area contributed by atoms with Crippen LogP contribution in [0.4, 0.5) is 10.1 Å².